The van der Waals surface area contributed by atoms with Crippen LogP contribution in [0.3, 0.4) is 0 Å². The first-order chi connectivity index (χ1) is 18.9. The zero-order chi connectivity index (χ0) is 27.8. The largest absolute Gasteiger partial charge is 0.495 e. The molecule has 7 nitrogen and oxygen atoms in total. The number of fused-ring (bicyclic) bond motifs is 1. The van der Waals surface area contributed by atoms with Gasteiger partial charge in [-0.2, -0.15) is 0 Å². The van der Waals surface area contributed by atoms with Crippen molar-refractivity contribution in [3.8, 4) is 5.75 Å². The first-order valence-corrected chi connectivity index (χ1v) is 15.1. The summed E-state index contributed by atoms with van der Waals surface area (Å²) in [5, 5.41) is 10.0. The Hall–Kier alpha value is -3.08. The van der Waals surface area contributed by atoms with Crippen molar-refractivity contribution in [3.05, 3.63) is 64.5 Å². The van der Waals surface area contributed by atoms with Crippen LogP contribution < -0.4 is 20.7 Å². The van der Waals surface area contributed by atoms with Crippen LogP contribution in [0.2, 0.25) is 0 Å². The minimum atomic E-state index is -0.393. The van der Waals surface area contributed by atoms with E-state index < -0.39 is 5.25 Å². The first-order valence-electron chi connectivity index (χ1n) is 13.0. The maximum Gasteiger partial charge on any atom is 0.341 e. The minimum absolute atomic E-state index is 0.159. The molecule has 0 spiro atoms. The van der Waals surface area contributed by atoms with Gasteiger partial charge >= 0.3 is 5.97 Å². The average molecular weight is 584 g/mol. The highest BCUT2D eigenvalue weighted by Crippen LogP contribution is 2.38. The normalized spacial score (nSPS) is 13.4. The van der Waals surface area contributed by atoms with Crippen LogP contribution >= 0.6 is 35.3 Å². The van der Waals surface area contributed by atoms with Crippen LogP contribution in [0.5, 0.6) is 5.75 Å². The molecule has 206 valence electrons. The van der Waals surface area contributed by atoms with Gasteiger partial charge in [0.2, 0.25) is 5.91 Å². The number of rotatable bonds is 9. The average Bonchev–Trinajstić information content (AvgIpc) is 3.09. The molecule has 0 bridgehead atoms. The van der Waals surface area contributed by atoms with Crippen LogP contribution in [0.4, 0.5) is 16.4 Å². The summed E-state index contributed by atoms with van der Waals surface area (Å²) in [5.41, 5.74) is 3.14. The predicted molar refractivity (Wildman–Crippen MR) is 165 cm³/mol. The van der Waals surface area contributed by atoms with Gasteiger partial charge in [-0.3, -0.25) is 4.79 Å². The second-order valence-corrected chi connectivity index (χ2v) is 12.0. The van der Waals surface area contributed by atoms with E-state index >= 15 is 0 Å². The van der Waals surface area contributed by atoms with Crippen LogP contribution in [-0.4, -0.2) is 36.0 Å². The molecular formula is C29H33N3O4S3. The van der Waals surface area contributed by atoms with Crippen molar-refractivity contribution in [2.24, 2.45) is 0 Å². The lowest BCUT2D eigenvalue weighted by Gasteiger charge is -2.15. The molecular weight excluding hydrogens is 551 g/mol. The van der Waals surface area contributed by atoms with Crippen LogP contribution in [-0.2, 0) is 22.4 Å². The van der Waals surface area contributed by atoms with Gasteiger partial charge in [-0.15, -0.1) is 23.1 Å². The highest BCUT2D eigenvalue weighted by Gasteiger charge is 2.27. The summed E-state index contributed by atoms with van der Waals surface area (Å²) >= 11 is 8.43. The molecule has 0 radical (unpaired) electrons. The zero-order valence-electron chi connectivity index (χ0n) is 22.3. The van der Waals surface area contributed by atoms with Crippen molar-refractivity contribution in [2.45, 2.75) is 56.1 Å². The summed E-state index contributed by atoms with van der Waals surface area (Å²) in [6.07, 6.45) is 5.05. The highest BCUT2D eigenvalue weighted by molar-refractivity contribution is 8.00. The second kappa shape index (κ2) is 13.8. The van der Waals surface area contributed by atoms with Gasteiger partial charge in [-0.1, -0.05) is 24.6 Å². The number of anilines is 3. The molecule has 1 atom stereocenters. The van der Waals surface area contributed by atoms with E-state index in [0.717, 1.165) is 53.9 Å². The number of hydrogen-bond acceptors (Lipinski definition) is 7. The number of thioether (sulfide) groups is 1. The van der Waals surface area contributed by atoms with Gasteiger partial charge in [0.1, 0.15) is 10.8 Å². The van der Waals surface area contributed by atoms with Crippen LogP contribution in [0.25, 0.3) is 0 Å². The topological polar surface area (TPSA) is 88.7 Å². The first kappa shape index (κ1) is 28.9. The van der Waals surface area contributed by atoms with E-state index in [1.54, 1.807) is 14.0 Å². The number of methoxy groups -OCH3 is 1. The fraction of sp³-hybridized carbons (Fsp3) is 0.345. The second-order valence-electron chi connectivity index (χ2n) is 9.05. The van der Waals surface area contributed by atoms with Crippen molar-refractivity contribution in [3.63, 3.8) is 0 Å². The fourth-order valence-corrected chi connectivity index (χ4v) is 6.84. The number of para-hydroxylation sites is 2. The number of amides is 1. The number of nitrogens with one attached hydrogen (secondary N) is 3. The number of carbonyl (C=O) groups excluding carboxylic acids is 2. The van der Waals surface area contributed by atoms with Crippen molar-refractivity contribution >= 4 is 68.7 Å². The summed E-state index contributed by atoms with van der Waals surface area (Å²) in [4.78, 5) is 28.1. The van der Waals surface area contributed by atoms with E-state index in [-0.39, 0.29) is 11.9 Å². The van der Waals surface area contributed by atoms with E-state index in [1.807, 2.05) is 55.5 Å². The highest BCUT2D eigenvalue weighted by atomic mass is 32.2. The molecule has 1 amide bonds. The summed E-state index contributed by atoms with van der Waals surface area (Å²) < 4.78 is 10.7. The number of esters is 1. The molecule has 3 N–H and O–H groups in total. The van der Waals surface area contributed by atoms with Gasteiger partial charge < -0.3 is 25.4 Å². The maximum absolute atomic E-state index is 13.2. The third-order valence-corrected chi connectivity index (χ3v) is 8.77. The molecule has 1 aromatic heterocycles. The molecule has 1 aliphatic rings. The molecule has 1 unspecified atom stereocenters. The third-order valence-electron chi connectivity index (χ3n) is 6.27. The summed E-state index contributed by atoms with van der Waals surface area (Å²) in [7, 11) is 1.61. The number of ether oxygens (including phenoxy) is 2. The molecule has 2 aromatic carbocycles. The Morgan fingerprint density at radius 3 is 2.64 bits per heavy atom. The summed E-state index contributed by atoms with van der Waals surface area (Å²) in [6.45, 7) is 3.95. The Balaban J connectivity index is 1.41. The van der Waals surface area contributed by atoms with E-state index in [0.29, 0.717) is 28.0 Å². The summed E-state index contributed by atoms with van der Waals surface area (Å²) in [6, 6.07) is 15.3. The van der Waals surface area contributed by atoms with Crippen LogP contribution in [0, 0.1) is 0 Å². The van der Waals surface area contributed by atoms with Crippen molar-refractivity contribution in [1.82, 2.24) is 0 Å². The van der Waals surface area contributed by atoms with Crippen LogP contribution in [0.1, 0.15) is 53.9 Å². The Morgan fingerprint density at radius 1 is 1.05 bits per heavy atom. The van der Waals surface area contributed by atoms with E-state index in [4.69, 9.17) is 21.7 Å². The predicted octanol–water partition coefficient (Wildman–Crippen LogP) is 7.13. The number of carbonyl (C=O) groups is 2. The molecule has 0 saturated carbocycles. The molecule has 0 aliphatic heterocycles. The van der Waals surface area contributed by atoms with Gasteiger partial charge in [0.25, 0.3) is 0 Å². The summed E-state index contributed by atoms with van der Waals surface area (Å²) in [5.74, 6) is 0.178. The molecule has 4 rings (SSSR count). The SMILES string of the molecule is CCOC(=O)c1c(NC(=O)C(C)Sc2cccc(NC(=S)Nc3ccccc3OC)c2)sc2c1CCCCC2. The Bertz CT molecular complexity index is 1340. The number of hydrogen-bond donors (Lipinski definition) is 3. The standard InChI is InChI=1S/C29H33N3O4S3/c1-4-36-28(34)25-21-13-6-5-7-16-24(21)39-27(25)32-26(33)18(2)38-20-12-10-11-19(17-20)30-29(37)31-22-14-8-9-15-23(22)35-3/h8-12,14-15,17-18H,4-7,13,16H2,1-3H3,(H,32,33)(H2,30,31,37). The van der Waals surface area contributed by atoms with E-state index in [9.17, 15) is 9.59 Å². The van der Waals surface area contributed by atoms with E-state index in [1.165, 1.54) is 28.0 Å². The fourth-order valence-electron chi connectivity index (χ4n) is 4.40. The number of benzene rings is 2. The van der Waals surface area contributed by atoms with Gasteiger partial charge in [0.05, 0.1) is 30.2 Å². The Morgan fingerprint density at radius 2 is 1.85 bits per heavy atom. The van der Waals surface area contributed by atoms with Gasteiger partial charge in [0.15, 0.2) is 5.11 Å². The lowest BCUT2D eigenvalue weighted by molar-refractivity contribution is -0.115. The van der Waals surface area contributed by atoms with Gasteiger partial charge in [-0.05, 0) is 87.6 Å². The molecule has 0 saturated heterocycles. The van der Waals surface area contributed by atoms with Gasteiger partial charge in [-0.25, -0.2) is 4.79 Å². The number of thiophene rings is 1. The van der Waals surface area contributed by atoms with Gasteiger partial charge in [0, 0.05) is 15.5 Å². The van der Waals surface area contributed by atoms with Crippen molar-refractivity contribution in [1.29, 1.82) is 0 Å². The monoisotopic (exact) mass is 583 g/mol. The lowest BCUT2D eigenvalue weighted by Crippen LogP contribution is -2.23. The smallest absolute Gasteiger partial charge is 0.341 e. The third kappa shape index (κ3) is 7.52. The molecule has 1 aliphatic carbocycles. The number of aryl methyl sites for hydroxylation is 1. The molecule has 10 heteroatoms. The quantitative estimate of drug-likeness (QED) is 0.106. The maximum atomic E-state index is 13.2. The lowest BCUT2D eigenvalue weighted by atomic mass is 10.1. The number of thiocarbonyl (C=S) groups is 1. The molecule has 3 aromatic rings. The molecule has 39 heavy (non-hydrogen) atoms. The van der Waals surface area contributed by atoms with Crippen molar-refractivity contribution in [2.75, 3.05) is 29.7 Å². The Kier molecular flexibility index (Phi) is 10.2. The van der Waals surface area contributed by atoms with E-state index in [2.05, 4.69) is 16.0 Å². The van der Waals surface area contributed by atoms with Crippen molar-refractivity contribution < 1.29 is 19.1 Å². The molecule has 0 fully saturated rings. The van der Waals surface area contributed by atoms with Crippen LogP contribution in [0.15, 0.2) is 53.4 Å². The minimum Gasteiger partial charge on any atom is -0.495 e. The molecule has 1 heterocycles. The Labute approximate surface area is 243 Å². The zero-order valence-corrected chi connectivity index (χ0v) is 24.7.